The molecule has 218 valence electrons. The molecule has 0 radical (unpaired) electrons. The van der Waals surface area contributed by atoms with Gasteiger partial charge in [0, 0.05) is 25.1 Å². The van der Waals surface area contributed by atoms with Gasteiger partial charge in [-0.1, -0.05) is 60.7 Å². The van der Waals surface area contributed by atoms with E-state index in [0.29, 0.717) is 24.3 Å². The van der Waals surface area contributed by atoms with E-state index >= 15 is 0 Å². The fourth-order valence-electron chi connectivity index (χ4n) is 5.46. The van der Waals surface area contributed by atoms with Crippen molar-refractivity contribution in [3.8, 4) is 5.75 Å². The summed E-state index contributed by atoms with van der Waals surface area (Å²) in [6.07, 6.45) is 0.804. The van der Waals surface area contributed by atoms with E-state index < -0.39 is 16.1 Å². The van der Waals surface area contributed by atoms with Crippen LogP contribution in [0, 0.1) is 0 Å². The highest BCUT2D eigenvalue weighted by Gasteiger charge is 2.30. The largest absolute Gasteiger partial charge is 0.494 e. The molecule has 1 N–H and O–H groups in total. The lowest BCUT2D eigenvalue weighted by atomic mass is 9.87. The molecule has 0 bridgehead atoms. The van der Waals surface area contributed by atoms with Gasteiger partial charge in [0.25, 0.3) is 0 Å². The summed E-state index contributed by atoms with van der Waals surface area (Å²) in [5.74, 6) is 0.919. The van der Waals surface area contributed by atoms with Crippen LogP contribution in [0.5, 0.6) is 5.75 Å². The first-order chi connectivity index (χ1) is 20.5. The Morgan fingerprint density at radius 1 is 0.976 bits per heavy atom. The van der Waals surface area contributed by atoms with Gasteiger partial charge in [-0.05, 0) is 66.1 Å². The molecule has 9 heteroatoms. The lowest BCUT2D eigenvalue weighted by Gasteiger charge is -2.35. The molecule has 1 aliphatic rings. The van der Waals surface area contributed by atoms with Gasteiger partial charge in [-0.25, -0.2) is 13.4 Å². The maximum Gasteiger partial charge on any atom is 0.210 e. The molecule has 42 heavy (non-hydrogen) atoms. The molecule has 2 heterocycles. The van der Waals surface area contributed by atoms with Gasteiger partial charge in [-0.15, -0.1) is 11.3 Å². The summed E-state index contributed by atoms with van der Waals surface area (Å²) in [5.41, 5.74) is 2.89. The maximum absolute atomic E-state index is 12.8. The number of thiazole rings is 1. The van der Waals surface area contributed by atoms with Gasteiger partial charge >= 0.3 is 0 Å². The van der Waals surface area contributed by atoms with E-state index in [1.54, 1.807) is 7.11 Å². The van der Waals surface area contributed by atoms with Gasteiger partial charge in [-0.2, -0.15) is 0 Å². The molecule has 5 aromatic rings. The highest BCUT2D eigenvalue weighted by atomic mass is 32.2. The number of hydrogen-bond acceptors (Lipinski definition) is 8. The molecule has 1 aliphatic heterocycles. The quantitative estimate of drug-likeness (QED) is 0.136. The van der Waals surface area contributed by atoms with E-state index in [2.05, 4.69) is 52.8 Å². The molecular formula is C33H34N2O5S2. The average Bonchev–Trinajstić information content (AvgIpc) is 3.48. The number of piperidine rings is 1. The number of hydrogen-bond donors (Lipinski definition) is 1. The van der Waals surface area contributed by atoms with Gasteiger partial charge in [0.15, 0.2) is 6.29 Å². The molecule has 1 aromatic heterocycles. The molecule has 3 atom stereocenters. The predicted octanol–water partition coefficient (Wildman–Crippen LogP) is 6.50. The number of rotatable bonds is 11. The normalized spacial score (nSPS) is 18.3. The Bertz CT molecular complexity index is 1720. The van der Waals surface area contributed by atoms with Crippen molar-refractivity contribution in [2.45, 2.75) is 35.5 Å². The van der Waals surface area contributed by atoms with E-state index in [1.807, 2.05) is 48.5 Å². The lowest BCUT2D eigenvalue weighted by molar-refractivity contribution is -0.168. The molecule has 6 rings (SSSR count). The van der Waals surface area contributed by atoms with Crippen LogP contribution in [0.15, 0.2) is 95.3 Å². The third-order valence-electron chi connectivity index (χ3n) is 7.66. The SMILES string of the molecule is COC(OC1CNCCC1c1ccc(OCCCS(=O)(=O)c2nc3ccccc3s2)cc1)c1ccc2ccccc2c1. The van der Waals surface area contributed by atoms with Crippen molar-refractivity contribution in [3.05, 3.63) is 102 Å². The third kappa shape index (κ3) is 6.50. The second-order valence-corrected chi connectivity index (χ2v) is 13.8. The number of fused-ring (bicyclic) bond motifs is 2. The first-order valence-electron chi connectivity index (χ1n) is 14.2. The Labute approximate surface area is 250 Å². The van der Waals surface area contributed by atoms with Crippen molar-refractivity contribution in [1.82, 2.24) is 10.3 Å². The zero-order valence-corrected chi connectivity index (χ0v) is 25.1. The van der Waals surface area contributed by atoms with Crippen LogP contribution in [0.1, 0.15) is 36.2 Å². The molecule has 4 aromatic carbocycles. The Balaban J connectivity index is 1.05. The van der Waals surface area contributed by atoms with E-state index in [1.165, 1.54) is 22.3 Å². The summed E-state index contributed by atoms with van der Waals surface area (Å²) in [5, 5.41) is 5.81. The Kier molecular flexibility index (Phi) is 8.83. The number of aromatic nitrogens is 1. The van der Waals surface area contributed by atoms with Crippen LogP contribution in [-0.4, -0.2) is 52.1 Å². The second-order valence-electron chi connectivity index (χ2n) is 10.5. The first kappa shape index (κ1) is 28.8. The first-order valence-corrected chi connectivity index (χ1v) is 16.7. The van der Waals surface area contributed by atoms with Crippen molar-refractivity contribution in [2.24, 2.45) is 0 Å². The number of para-hydroxylation sites is 1. The van der Waals surface area contributed by atoms with Crippen LogP contribution in [0.2, 0.25) is 0 Å². The van der Waals surface area contributed by atoms with Crippen LogP contribution in [0.4, 0.5) is 0 Å². The summed E-state index contributed by atoms with van der Waals surface area (Å²) < 4.78 is 44.9. The van der Waals surface area contributed by atoms with Gasteiger partial charge in [0.05, 0.1) is 28.7 Å². The highest BCUT2D eigenvalue weighted by molar-refractivity contribution is 7.93. The number of ether oxygens (including phenoxy) is 3. The molecule has 0 amide bonds. The molecule has 1 saturated heterocycles. The summed E-state index contributed by atoms with van der Waals surface area (Å²) in [7, 11) is -1.77. The van der Waals surface area contributed by atoms with E-state index in [4.69, 9.17) is 14.2 Å². The molecule has 0 saturated carbocycles. The van der Waals surface area contributed by atoms with Crippen molar-refractivity contribution < 1.29 is 22.6 Å². The standard InChI is InChI=1S/C33H34N2O5S2/c1-38-32(26-12-11-23-7-2-3-8-25(23)21-26)40-30-22-34-18-17-28(30)24-13-15-27(16-14-24)39-19-6-20-42(36,37)33-35-29-9-4-5-10-31(29)41-33/h2-5,7-16,21,28,30,32,34H,6,17-20,22H2,1H3. The van der Waals surface area contributed by atoms with E-state index in [9.17, 15) is 8.42 Å². The summed E-state index contributed by atoms with van der Waals surface area (Å²) >= 11 is 1.22. The number of nitrogens with zero attached hydrogens (tertiary/aromatic N) is 1. The molecule has 0 aliphatic carbocycles. The zero-order valence-electron chi connectivity index (χ0n) is 23.4. The molecule has 7 nitrogen and oxygen atoms in total. The second kappa shape index (κ2) is 12.9. The van der Waals surface area contributed by atoms with E-state index in [0.717, 1.165) is 35.2 Å². The maximum atomic E-state index is 12.8. The Morgan fingerprint density at radius 2 is 1.76 bits per heavy atom. The van der Waals surface area contributed by atoms with Crippen molar-refractivity contribution >= 4 is 42.2 Å². The minimum absolute atomic E-state index is 0.00310. The van der Waals surface area contributed by atoms with Crippen LogP contribution < -0.4 is 10.1 Å². The van der Waals surface area contributed by atoms with Crippen molar-refractivity contribution in [3.63, 3.8) is 0 Å². The highest BCUT2D eigenvalue weighted by Crippen LogP contribution is 2.33. The number of nitrogens with one attached hydrogen (secondary N) is 1. The van der Waals surface area contributed by atoms with Crippen LogP contribution in [0.25, 0.3) is 21.0 Å². The van der Waals surface area contributed by atoms with Gasteiger partial charge < -0.3 is 19.5 Å². The average molecular weight is 603 g/mol. The fourth-order valence-corrected chi connectivity index (χ4v) is 8.09. The topological polar surface area (TPSA) is 86.8 Å². The summed E-state index contributed by atoms with van der Waals surface area (Å²) in [6, 6.07) is 30.1. The van der Waals surface area contributed by atoms with Crippen molar-refractivity contribution in [2.75, 3.05) is 32.6 Å². The van der Waals surface area contributed by atoms with Crippen molar-refractivity contribution in [1.29, 1.82) is 0 Å². The van der Waals surface area contributed by atoms with Gasteiger partial charge in [-0.3, -0.25) is 0 Å². The number of methoxy groups -OCH3 is 1. The predicted molar refractivity (Wildman–Crippen MR) is 167 cm³/mol. The molecule has 1 fully saturated rings. The smallest absolute Gasteiger partial charge is 0.210 e. The zero-order chi connectivity index (χ0) is 28.9. The van der Waals surface area contributed by atoms with Crippen LogP contribution in [-0.2, 0) is 19.3 Å². The van der Waals surface area contributed by atoms with Gasteiger partial charge in [0.1, 0.15) is 5.75 Å². The number of sulfone groups is 1. The monoisotopic (exact) mass is 602 g/mol. The Hall–Kier alpha value is -3.34. The molecule has 3 unspecified atom stereocenters. The summed E-state index contributed by atoms with van der Waals surface area (Å²) in [6.45, 7) is 1.96. The Morgan fingerprint density at radius 3 is 2.57 bits per heavy atom. The molecular weight excluding hydrogens is 569 g/mol. The minimum Gasteiger partial charge on any atom is -0.494 e. The lowest BCUT2D eigenvalue weighted by Crippen LogP contribution is -2.41. The number of benzene rings is 4. The van der Waals surface area contributed by atoms with E-state index in [-0.39, 0.29) is 22.1 Å². The van der Waals surface area contributed by atoms with Crippen LogP contribution in [0.3, 0.4) is 0 Å². The van der Waals surface area contributed by atoms with Gasteiger partial charge in [0.2, 0.25) is 14.2 Å². The minimum atomic E-state index is -3.45. The third-order valence-corrected chi connectivity index (χ3v) is 11.0. The molecule has 0 spiro atoms. The summed E-state index contributed by atoms with van der Waals surface area (Å²) in [4.78, 5) is 4.30. The fraction of sp³-hybridized carbons (Fsp3) is 0.303. The van der Waals surface area contributed by atoms with Crippen LogP contribution >= 0.6 is 11.3 Å².